The van der Waals surface area contributed by atoms with Crippen molar-refractivity contribution >= 4 is 11.8 Å². The van der Waals surface area contributed by atoms with E-state index in [0.717, 1.165) is 19.3 Å². The maximum atomic E-state index is 13.2. The van der Waals surface area contributed by atoms with E-state index < -0.39 is 12.1 Å². The van der Waals surface area contributed by atoms with E-state index in [9.17, 15) is 14.0 Å². The summed E-state index contributed by atoms with van der Waals surface area (Å²) in [6.07, 6.45) is 2.34. The highest BCUT2D eigenvalue weighted by atomic mass is 19.1. The van der Waals surface area contributed by atoms with Crippen LogP contribution < -0.4 is 0 Å². The number of hydrogen-bond donors (Lipinski definition) is 0. The summed E-state index contributed by atoms with van der Waals surface area (Å²) in [6, 6.07) is 5.54. The van der Waals surface area contributed by atoms with Crippen LogP contribution in [-0.2, 0) is 14.3 Å². The fourth-order valence-electron chi connectivity index (χ4n) is 3.57. The molecule has 0 aromatic heterocycles. The molecule has 0 radical (unpaired) electrons. The standard InChI is InChI=1S/C18H23FN2O3/c1-12-5-3-4-10-21(12)18(23)17-16(20(2)15(22)11-24-17)13-6-8-14(19)9-7-13/h6-9,12,16-17H,3-5,10-11H2,1-2H3/t12-,16+,17+/m1/s1. The van der Waals surface area contributed by atoms with E-state index in [1.54, 1.807) is 19.2 Å². The average molecular weight is 334 g/mol. The number of nitrogens with zero attached hydrogens (tertiary/aromatic N) is 2. The van der Waals surface area contributed by atoms with Gasteiger partial charge in [-0.05, 0) is 43.9 Å². The Morgan fingerprint density at radius 3 is 2.62 bits per heavy atom. The lowest BCUT2D eigenvalue weighted by Gasteiger charge is -2.42. The van der Waals surface area contributed by atoms with Gasteiger partial charge in [-0.15, -0.1) is 0 Å². The maximum Gasteiger partial charge on any atom is 0.254 e. The van der Waals surface area contributed by atoms with Crippen LogP contribution in [0.2, 0.25) is 0 Å². The molecule has 130 valence electrons. The van der Waals surface area contributed by atoms with Gasteiger partial charge in [-0.2, -0.15) is 0 Å². The number of piperidine rings is 1. The fourth-order valence-corrected chi connectivity index (χ4v) is 3.57. The molecular weight excluding hydrogens is 311 g/mol. The Morgan fingerprint density at radius 1 is 1.25 bits per heavy atom. The second kappa shape index (κ2) is 6.89. The molecule has 0 unspecified atom stereocenters. The van der Waals surface area contributed by atoms with Crippen molar-refractivity contribution in [1.82, 2.24) is 9.80 Å². The van der Waals surface area contributed by atoms with Crippen LogP contribution >= 0.6 is 0 Å². The van der Waals surface area contributed by atoms with Crippen molar-refractivity contribution in [2.75, 3.05) is 20.2 Å². The van der Waals surface area contributed by atoms with E-state index in [-0.39, 0.29) is 30.3 Å². The number of likely N-dealkylation sites (N-methyl/N-ethyl adjacent to an activating group) is 1. The highest BCUT2D eigenvalue weighted by molar-refractivity contribution is 5.86. The number of likely N-dealkylation sites (tertiary alicyclic amines) is 1. The van der Waals surface area contributed by atoms with Gasteiger partial charge in [0.15, 0.2) is 6.10 Å². The van der Waals surface area contributed by atoms with Crippen LogP contribution in [-0.4, -0.2) is 54.0 Å². The summed E-state index contributed by atoms with van der Waals surface area (Å²) in [7, 11) is 1.67. The number of carbonyl (C=O) groups is 2. The number of ether oxygens (including phenoxy) is 1. The Hall–Kier alpha value is -1.95. The molecule has 0 aliphatic carbocycles. The molecule has 5 nitrogen and oxygen atoms in total. The molecule has 0 N–H and O–H groups in total. The third-order valence-electron chi connectivity index (χ3n) is 5.02. The molecule has 3 rings (SSSR count). The van der Waals surface area contributed by atoms with Crippen LogP contribution in [0.4, 0.5) is 4.39 Å². The van der Waals surface area contributed by atoms with Gasteiger partial charge < -0.3 is 14.5 Å². The second-order valence-corrected chi connectivity index (χ2v) is 6.61. The molecule has 2 aliphatic rings. The minimum atomic E-state index is -0.751. The first-order valence-corrected chi connectivity index (χ1v) is 8.42. The molecule has 1 aromatic rings. The van der Waals surface area contributed by atoms with Crippen molar-refractivity contribution in [2.24, 2.45) is 0 Å². The normalized spacial score (nSPS) is 28.1. The van der Waals surface area contributed by atoms with Gasteiger partial charge in [-0.1, -0.05) is 12.1 Å². The lowest BCUT2D eigenvalue weighted by molar-refractivity contribution is -0.169. The summed E-state index contributed by atoms with van der Waals surface area (Å²) in [5.41, 5.74) is 0.704. The Labute approximate surface area is 141 Å². The number of rotatable bonds is 2. The summed E-state index contributed by atoms with van der Waals surface area (Å²) in [4.78, 5) is 28.5. The van der Waals surface area contributed by atoms with E-state index in [0.29, 0.717) is 12.1 Å². The predicted octanol–water partition coefficient (Wildman–Crippen LogP) is 2.12. The highest BCUT2D eigenvalue weighted by Gasteiger charge is 2.42. The Balaban J connectivity index is 1.89. The van der Waals surface area contributed by atoms with E-state index in [1.165, 1.54) is 17.0 Å². The average Bonchev–Trinajstić information content (AvgIpc) is 2.58. The third-order valence-corrected chi connectivity index (χ3v) is 5.02. The van der Waals surface area contributed by atoms with Crippen molar-refractivity contribution in [1.29, 1.82) is 0 Å². The molecule has 2 aliphatic heterocycles. The van der Waals surface area contributed by atoms with E-state index in [1.807, 2.05) is 11.8 Å². The minimum absolute atomic E-state index is 0.0872. The first-order chi connectivity index (χ1) is 11.5. The zero-order valence-electron chi connectivity index (χ0n) is 14.1. The van der Waals surface area contributed by atoms with Crippen molar-refractivity contribution in [3.8, 4) is 0 Å². The van der Waals surface area contributed by atoms with Crippen LogP contribution in [0.5, 0.6) is 0 Å². The smallest absolute Gasteiger partial charge is 0.254 e. The molecule has 2 fully saturated rings. The Morgan fingerprint density at radius 2 is 1.96 bits per heavy atom. The number of carbonyl (C=O) groups excluding carboxylic acids is 2. The van der Waals surface area contributed by atoms with Crippen LogP contribution in [0, 0.1) is 5.82 Å². The molecule has 0 saturated carbocycles. The van der Waals surface area contributed by atoms with Gasteiger partial charge in [0.05, 0.1) is 6.04 Å². The predicted molar refractivity (Wildman–Crippen MR) is 86.7 cm³/mol. The summed E-state index contributed by atoms with van der Waals surface area (Å²) in [5, 5.41) is 0. The molecule has 6 heteroatoms. The SMILES string of the molecule is C[C@@H]1CCCCN1C(=O)[C@H]1OCC(=O)N(C)[C@H]1c1ccc(F)cc1. The molecule has 1 aromatic carbocycles. The monoisotopic (exact) mass is 334 g/mol. The molecule has 2 amide bonds. The second-order valence-electron chi connectivity index (χ2n) is 6.61. The largest absolute Gasteiger partial charge is 0.356 e. The van der Waals surface area contributed by atoms with Gasteiger partial charge in [0, 0.05) is 19.6 Å². The van der Waals surface area contributed by atoms with Crippen LogP contribution in [0.1, 0.15) is 37.8 Å². The first kappa shape index (κ1) is 16.9. The van der Waals surface area contributed by atoms with Crippen molar-refractivity contribution in [3.63, 3.8) is 0 Å². The highest BCUT2D eigenvalue weighted by Crippen LogP contribution is 2.31. The van der Waals surface area contributed by atoms with Gasteiger partial charge >= 0.3 is 0 Å². The van der Waals surface area contributed by atoms with Gasteiger partial charge in [0.25, 0.3) is 5.91 Å². The van der Waals surface area contributed by atoms with Crippen molar-refractivity contribution in [3.05, 3.63) is 35.6 Å². The molecular formula is C18H23FN2O3. The topological polar surface area (TPSA) is 49.9 Å². The summed E-state index contributed by atoms with van der Waals surface area (Å²) in [6.45, 7) is 2.65. The van der Waals surface area contributed by atoms with Crippen LogP contribution in [0.15, 0.2) is 24.3 Å². The van der Waals surface area contributed by atoms with Crippen molar-refractivity contribution < 1.29 is 18.7 Å². The zero-order valence-corrected chi connectivity index (χ0v) is 14.1. The molecule has 24 heavy (non-hydrogen) atoms. The molecule has 2 heterocycles. The number of benzene rings is 1. The number of hydrogen-bond acceptors (Lipinski definition) is 3. The van der Waals surface area contributed by atoms with E-state index in [4.69, 9.17) is 4.74 Å². The molecule has 0 spiro atoms. The van der Waals surface area contributed by atoms with Crippen LogP contribution in [0.3, 0.4) is 0 Å². The summed E-state index contributed by atoms with van der Waals surface area (Å²) >= 11 is 0. The minimum Gasteiger partial charge on any atom is -0.356 e. The van der Waals surface area contributed by atoms with E-state index >= 15 is 0 Å². The lowest BCUT2D eigenvalue weighted by Crippen LogP contribution is -2.56. The number of amides is 2. The molecule has 0 bridgehead atoms. The quantitative estimate of drug-likeness (QED) is 0.832. The Kier molecular flexibility index (Phi) is 4.85. The molecule has 3 atom stereocenters. The summed E-state index contributed by atoms with van der Waals surface area (Å²) < 4.78 is 18.9. The number of morpholine rings is 1. The Bertz CT molecular complexity index is 619. The molecule has 2 saturated heterocycles. The van der Waals surface area contributed by atoms with Gasteiger partial charge in [0.2, 0.25) is 5.91 Å². The maximum absolute atomic E-state index is 13.2. The first-order valence-electron chi connectivity index (χ1n) is 8.42. The van der Waals surface area contributed by atoms with Crippen molar-refractivity contribution in [2.45, 2.75) is 44.4 Å². The van der Waals surface area contributed by atoms with Gasteiger partial charge in [-0.25, -0.2) is 4.39 Å². The fraction of sp³-hybridized carbons (Fsp3) is 0.556. The zero-order chi connectivity index (χ0) is 17.3. The van der Waals surface area contributed by atoms with Crippen LogP contribution in [0.25, 0.3) is 0 Å². The summed E-state index contributed by atoms with van der Waals surface area (Å²) in [5.74, 6) is -0.618. The van der Waals surface area contributed by atoms with Gasteiger partial charge in [-0.3, -0.25) is 9.59 Å². The van der Waals surface area contributed by atoms with E-state index in [2.05, 4.69) is 0 Å². The van der Waals surface area contributed by atoms with Gasteiger partial charge in [0.1, 0.15) is 12.4 Å². The number of halogens is 1. The lowest BCUT2D eigenvalue weighted by atomic mass is 9.95. The third kappa shape index (κ3) is 3.15.